The fourth-order valence-electron chi connectivity index (χ4n) is 1.86. The lowest BCUT2D eigenvalue weighted by atomic mass is 10.1. The van der Waals surface area contributed by atoms with Crippen LogP contribution < -0.4 is 5.32 Å². The van der Waals surface area contributed by atoms with Crippen molar-refractivity contribution in [2.75, 3.05) is 13.2 Å². The van der Waals surface area contributed by atoms with Crippen molar-refractivity contribution in [1.82, 2.24) is 5.32 Å². The Bertz CT molecular complexity index is 693. The van der Waals surface area contributed by atoms with Gasteiger partial charge in [-0.15, -0.1) is 0 Å². The average molecular weight is 311 g/mol. The van der Waals surface area contributed by atoms with Gasteiger partial charge < -0.3 is 10.1 Å². The zero-order valence-corrected chi connectivity index (χ0v) is 12.7. The minimum absolute atomic E-state index is 0.283. The van der Waals surface area contributed by atoms with E-state index in [0.717, 1.165) is 5.56 Å². The molecule has 0 bridgehead atoms. The van der Waals surface area contributed by atoms with Crippen LogP contribution in [0.1, 0.15) is 26.3 Å². The molecule has 1 N–H and O–H groups in total. The molecule has 0 saturated heterocycles. The molecular formula is C18H17NO4. The largest absolute Gasteiger partial charge is 0.456 e. The number of aryl methyl sites for hydroxylation is 1. The molecule has 2 aromatic carbocycles. The van der Waals surface area contributed by atoms with Crippen LogP contribution in [0.25, 0.3) is 0 Å². The van der Waals surface area contributed by atoms with E-state index in [2.05, 4.69) is 5.32 Å². The SMILES string of the molecule is Cc1ccc(C(=O)COC(=O)CNC(=O)c2ccccc2)cc1. The Kier molecular flexibility index (Phi) is 5.63. The van der Waals surface area contributed by atoms with Gasteiger partial charge in [0.1, 0.15) is 6.54 Å². The number of ether oxygens (including phenoxy) is 1. The van der Waals surface area contributed by atoms with Gasteiger partial charge in [-0.1, -0.05) is 48.0 Å². The van der Waals surface area contributed by atoms with Gasteiger partial charge >= 0.3 is 5.97 Å². The number of rotatable bonds is 6. The van der Waals surface area contributed by atoms with E-state index in [1.165, 1.54) is 0 Å². The summed E-state index contributed by atoms with van der Waals surface area (Å²) >= 11 is 0. The summed E-state index contributed by atoms with van der Waals surface area (Å²) in [5, 5.41) is 2.44. The molecule has 0 aliphatic rings. The maximum absolute atomic E-state index is 11.9. The Hall–Kier alpha value is -2.95. The number of nitrogens with one attached hydrogen (secondary N) is 1. The number of esters is 1. The molecule has 0 atom stereocenters. The molecule has 118 valence electrons. The highest BCUT2D eigenvalue weighted by atomic mass is 16.5. The van der Waals surface area contributed by atoms with Crippen molar-refractivity contribution in [2.45, 2.75) is 6.92 Å². The molecule has 0 saturated carbocycles. The minimum Gasteiger partial charge on any atom is -0.456 e. The first-order chi connectivity index (χ1) is 11.1. The zero-order valence-electron chi connectivity index (χ0n) is 12.7. The van der Waals surface area contributed by atoms with Crippen molar-refractivity contribution in [1.29, 1.82) is 0 Å². The van der Waals surface area contributed by atoms with Gasteiger partial charge in [-0.2, -0.15) is 0 Å². The van der Waals surface area contributed by atoms with E-state index in [1.54, 1.807) is 42.5 Å². The number of carbonyl (C=O) groups is 3. The number of benzene rings is 2. The molecule has 2 aromatic rings. The van der Waals surface area contributed by atoms with E-state index < -0.39 is 5.97 Å². The van der Waals surface area contributed by atoms with Gasteiger partial charge in [0.2, 0.25) is 0 Å². The Labute approximate surface area is 134 Å². The Balaban J connectivity index is 1.76. The van der Waals surface area contributed by atoms with Crippen molar-refractivity contribution in [2.24, 2.45) is 0 Å². The number of hydrogen-bond donors (Lipinski definition) is 1. The summed E-state index contributed by atoms with van der Waals surface area (Å²) in [5.41, 5.74) is 1.98. The molecule has 5 heteroatoms. The third-order valence-corrected chi connectivity index (χ3v) is 3.17. The average Bonchev–Trinajstić information content (AvgIpc) is 2.59. The first-order valence-electron chi connectivity index (χ1n) is 7.15. The smallest absolute Gasteiger partial charge is 0.325 e. The molecule has 0 aliphatic heterocycles. The van der Waals surface area contributed by atoms with Crippen molar-refractivity contribution < 1.29 is 19.1 Å². The molecule has 0 fully saturated rings. The predicted octanol–water partition coefficient (Wildman–Crippen LogP) is 2.15. The van der Waals surface area contributed by atoms with E-state index in [4.69, 9.17) is 4.74 Å². The van der Waals surface area contributed by atoms with Gasteiger partial charge in [0.25, 0.3) is 5.91 Å². The summed E-state index contributed by atoms with van der Waals surface area (Å²) < 4.78 is 4.87. The number of carbonyl (C=O) groups excluding carboxylic acids is 3. The molecule has 0 heterocycles. The van der Waals surface area contributed by atoms with Gasteiger partial charge in [0.05, 0.1) is 0 Å². The Morgan fingerprint density at radius 2 is 1.57 bits per heavy atom. The monoisotopic (exact) mass is 311 g/mol. The van der Waals surface area contributed by atoms with Crippen LogP contribution in [0, 0.1) is 6.92 Å². The Morgan fingerprint density at radius 1 is 0.913 bits per heavy atom. The van der Waals surface area contributed by atoms with Crippen LogP contribution in [-0.2, 0) is 9.53 Å². The van der Waals surface area contributed by atoms with Crippen molar-refractivity contribution in [3.8, 4) is 0 Å². The molecule has 0 unspecified atom stereocenters. The topological polar surface area (TPSA) is 72.5 Å². The molecule has 0 spiro atoms. The number of Topliss-reactive ketones (excluding diaryl/α,β-unsaturated/α-hetero) is 1. The second-order valence-electron chi connectivity index (χ2n) is 5.00. The van der Waals surface area contributed by atoms with Gasteiger partial charge in [0.15, 0.2) is 12.4 Å². The highest BCUT2D eigenvalue weighted by Crippen LogP contribution is 2.04. The van der Waals surface area contributed by atoms with E-state index in [1.807, 2.05) is 19.1 Å². The maximum Gasteiger partial charge on any atom is 0.325 e. The second kappa shape index (κ2) is 7.89. The molecular weight excluding hydrogens is 294 g/mol. The summed E-state index contributed by atoms with van der Waals surface area (Å²) in [6, 6.07) is 15.5. The number of ketones is 1. The molecule has 0 aliphatic carbocycles. The first-order valence-corrected chi connectivity index (χ1v) is 7.15. The zero-order chi connectivity index (χ0) is 16.7. The second-order valence-corrected chi connectivity index (χ2v) is 5.00. The molecule has 0 aromatic heterocycles. The highest BCUT2D eigenvalue weighted by Gasteiger charge is 2.11. The van der Waals surface area contributed by atoms with Gasteiger partial charge in [0, 0.05) is 11.1 Å². The quantitative estimate of drug-likeness (QED) is 0.655. The highest BCUT2D eigenvalue weighted by molar-refractivity contribution is 5.98. The molecule has 0 radical (unpaired) electrons. The lowest BCUT2D eigenvalue weighted by molar-refractivity contribution is -0.141. The normalized spacial score (nSPS) is 9.96. The minimum atomic E-state index is -0.658. The Morgan fingerprint density at radius 3 is 2.22 bits per heavy atom. The standard InChI is InChI=1S/C18H17NO4/c1-13-7-9-14(10-8-13)16(20)12-23-17(21)11-19-18(22)15-5-3-2-4-6-15/h2-10H,11-12H2,1H3,(H,19,22). The fourth-order valence-corrected chi connectivity index (χ4v) is 1.86. The third kappa shape index (κ3) is 5.07. The van der Waals surface area contributed by atoms with Gasteiger partial charge in [-0.25, -0.2) is 0 Å². The molecule has 2 rings (SSSR count). The van der Waals surface area contributed by atoms with Crippen LogP contribution in [0.15, 0.2) is 54.6 Å². The number of amides is 1. The first kappa shape index (κ1) is 16.4. The van der Waals surface area contributed by atoms with Crippen LogP contribution in [-0.4, -0.2) is 30.8 Å². The van der Waals surface area contributed by atoms with Crippen LogP contribution in [0.2, 0.25) is 0 Å². The van der Waals surface area contributed by atoms with Crippen LogP contribution in [0.4, 0.5) is 0 Å². The molecule has 1 amide bonds. The van der Waals surface area contributed by atoms with E-state index in [0.29, 0.717) is 11.1 Å². The fraction of sp³-hybridized carbons (Fsp3) is 0.167. The molecule has 23 heavy (non-hydrogen) atoms. The van der Waals surface area contributed by atoms with Crippen molar-refractivity contribution in [3.05, 3.63) is 71.3 Å². The lowest BCUT2D eigenvalue weighted by Gasteiger charge is -2.06. The van der Waals surface area contributed by atoms with Crippen LogP contribution in [0.5, 0.6) is 0 Å². The van der Waals surface area contributed by atoms with Crippen LogP contribution in [0.3, 0.4) is 0 Å². The molecule has 5 nitrogen and oxygen atoms in total. The number of hydrogen-bond acceptors (Lipinski definition) is 4. The summed E-state index contributed by atoms with van der Waals surface area (Å²) in [5.74, 6) is -1.31. The van der Waals surface area contributed by atoms with Gasteiger partial charge in [-0.05, 0) is 19.1 Å². The van der Waals surface area contributed by atoms with Gasteiger partial charge in [-0.3, -0.25) is 14.4 Å². The summed E-state index contributed by atoms with van der Waals surface area (Å²) in [6.45, 7) is 1.29. The summed E-state index contributed by atoms with van der Waals surface area (Å²) in [6.07, 6.45) is 0. The van der Waals surface area contributed by atoms with E-state index in [9.17, 15) is 14.4 Å². The third-order valence-electron chi connectivity index (χ3n) is 3.17. The maximum atomic E-state index is 11.9. The summed E-state index contributed by atoms with van der Waals surface area (Å²) in [7, 11) is 0. The summed E-state index contributed by atoms with van der Waals surface area (Å²) in [4.78, 5) is 35.2. The van der Waals surface area contributed by atoms with Crippen molar-refractivity contribution >= 4 is 17.7 Å². The van der Waals surface area contributed by atoms with E-state index in [-0.39, 0.29) is 24.8 Å². The van der Waals surface area contributed by atoms with Crippen LogP contribution >= 0.6 is 0 Å². The predicted molar refractivity (Wildman–Crippen MR) is 85.2 cm³/mol. The van der Waals surface area contributed by atoms with E-state index >= 15 is 0 Å². The lowest BCUT2D eigenvalue weighted by Crippen LogP contribution is -2.31. The van der Waals surface area contributed by atoms with Crippen molar-refractivity contribution in [3.63, 3.8) is 0 Å².